The van der Waals surface area contributed by atoms with Gasteiger partial charge in [-0.15, -0.1) is 11.8 Å². The standard InChI is InChI=1S/C25H22N2O7S/c28-20-10-9-17(14-19(20)25(33)34)27-24(32)23(15-5-2-1-3-6-15)35-18-8-4-7-16(13-18)26-21(29)11-12-22(30)31/h1-10,13-14,23,28H,11-12H2,(H,26,29)(H,27,32)(H,30,31)(H,33,34). The lowest BCUT2D eigenvalue weighted by molar-refractivity contribution is -0.138. The van der Waals surface area contributed by atoms with Crippen LogP contribution in [0.3, 0.4) is 0 Å². The number of carbonyl (C=O) groups excluding carboxylic acids is 2. The van der Waals surface area contributed by atoms with Crippen LogP contribution >= 0.6 is 11.8 Å². The average Bonchev–Trinajstić information content (AvgIpc) is 2.83. The molecule has 0 saturated heterocycles. The summed E-state index contributed by atoms with van der Waals surface area (Å²) in [7, 11) is 0. The quantitative estimate of drug-likeness (QED) is 0.206. The Labute approximate surface area is 204 Å². The molecule has 1 atom stereocenters. The maximum atomic E-state index is 13.2. The van der Waals surface area contributed by atoms with Crippen molar-refractivity contribution in [3.05, 3.63) is 83.9 Å². The molecule has 5 N–H and O–H groups in total. The molecule has 180 valence electrons. The summed E-state index contributed by atoms with van der Waals surface area (Å²) in [6, 6.07) is 19.5. The summed E-state index contributed by atoms with van der Waals surface area (Å²) in [6.07, 6.45) is -0.440. The number of aromatic carboxylic acids is 1. The molecule has 10 heteroatoms. The summed E-state index contributed by atoms with van der Waals surface area (Å²) in [5, 5.41) is 32.3. The van der Waals surface area contributed by atoms with Gasteiger partial charge in [0.15, 0.2) is 0 Å². The number of thioether (sulfide) groups is 1. The summed E-state index contributed by atoms with van der Waals surface area (Å²) < 4.78 is 0. The smallest absolute Gasteiger partial charge is 0.339 e. The Morgan fingerprint density at radius 2 is 1.51 bits per heavy atom. The van der Waals surface area contributed by atoms with E-state index in [1.807, 2.05) is 6.07 Å². The number of carboxylic acid groups (broad SMARTS) is 2. The van der Waals surface area contributed by atoms with E-state index < -0.39 is 34.8 Å². The summed E-state index contributed by atoms with van der Waals surface area (Å²) >= 11 is 1.22. The summed E-state index contributed by atoms with van der Waals surface area (Å²) in [5.74, 6) is -3.65. The molecule has 3 aromatic rings. The van der Waals surface area contributed by atoms with Gasteiger partial charge in [0, 0.05) is 22.7 Å². The molecule has 0 saturated carbocycles. The molecule has 0 aliphatic rings. The molecule has 3 rings (SSSR count). The second-order valence-electron chi connectivity index (χ2n) is 7.40. The third kappa shape index (κ3) is 7.34. The predicted molar refractivity (Wildman–Crippen MR) is 131 cm³/mol. The molecule has 0 bridgehead atoms. The molecule has 0 spiro atoms. The van der Waals surface area contributed by atoms with E-state index in [1.165, 1.54) is 30.0 Å². The van der Waals surface area contributed by atoms with Crippen LogP contribution in [0.15, 0.2) is 77.7 Å². The topological polar surface area (TPSA) is 153 Å². The van der Waals surface area contributed by atoms with E-state index in [9.17, 15) is 29.4 Å². The number of aliphatic carboxylic acids is 1. The normalized spacial score (nSPS) is 11.3. The molecule has 0 heterocycles. The zero-order valence-corrected chi connectivity index (χ0v) is 19.1. The average molecular weight is 495 g/mol. The lowest BCUT2D eigenvalue weighted by Crippen LogP contribution is -2.19. The summed E-state index contributed by atoms with van der Waals surface area (Å²) in [4.78, 5) is 47.8. The fraction of sp³-hybridized carbons (Fsp3) is 0.120. The Morgan fingerprint density at radius 3 is 2.20 bits per heavy atom. The van der Waals surface area contributed by atoms with E-state index in [-0.39, 0.29) is 24.1 Å². The van der Waals surface area contributed by atoms with Crippen molar-refractivity contribution in [2.24, 2.45) is 0 Å². The largest absolute Gasteiger partial charge is 0.507 e. The van der Waals surface area contributed by atoms with Gasteiger partial charge in [-0.3, -0.25) is 14.4 Å². The first-order valence-electron chi connectivity index (χ1n) is 10.4. The van der Waals surface area contributed by atoms with Crippen LogP contribution in [0.5, 0.6) is 5.75 Å². The number of rotatable bonds is 10. The highest BCUT2D eigenvalue weighted by Crippen LogP contribution is 2.37. The van der Waals surface area contributed by atoms with Crippen LogP contribution in [0, 0.1) is 0 Å². The van der Waals surface area contributed by atoms with Gasteiger partial charge in [0.2, 0.25) is 11.8 Å². The molecule has 1 unspecified atom stereocenters. The van der Waals surface area contributed by atoms with Crippen LogP contribution in [-0.2, 0) is 14.4 Å². The highest BCUT2D eigenvalue weighted by atomic mass is 32.2. The third-order valence-corrected chi connectivity index (χ3v) is 6.02. The molecular formula is C25H22N2O7S. The molecular weight excluding hydrogens is 472 g/mol. The zero-order valence-electron chi connectivity index (χ0n) is 18.3. The van der Waals surface area contributed by atoms with Crippen LogP contribution < -0.4 is 10.6 Å². The lowest BCUT2D eigenvalue weighted by Gasteiger charge is -2.18. The second-order valence-corrected chi connectivity index (χ2v) is 8.58. The molecule has 0 aliphatic heterocycles. The SMILES string of the molecule is O=C(O)CCC(=O)Nc1cccc(SC(C(=O)Nc2ccc(O)c(C(=O)O)c2)c2ccccc2)c1. The van der Waals surface area contributed by atoms with E-state index in [0.717, 1.165) is 0 Å². The van der Waals surface area contributed by atoms with Crippen LogP contribution in [0.4, 0.5) is 11.4 Å². The van der Waals surface area contributed by atoms with Crippen molar-refractivity contribution in [1.29, 1.82) is 0 Å². The summed E-state index contributed by atoms with van der Waals surface area (Å²) in [5.41, 5.74) is 1.04. The maximum absolute atomic E-state index is 13.2. The first-order chi connectivity index (χ1) is 16.7. The van der Waals surface area contributed by atoms with Crippen LogP contribution in [0.1, 0.15) is 34.0 Å². The predicted octanol–water partition coefficient (Wildman–Crippen LogP) is 4.37. The van der Waals surface area contributed by atoms with Crippen molar-refractivity contribution in [3.8, 4) is 5.75 Å². The van der Waals surface area contributed by atoms with Crippen molar-refractivity contribution in [2.75, 3.05) is 10.6 Å². The van der Waals surface area contributed by atoms with Gasteiger partial charge in [0.25, 0.3) is 0 Å². The maximum Gasteiger partial charge on any atom is 0.339 e. The number of nitrogens with one attached hydrogen (secondary N) is 2. The minimum Gasteiger partial charge on any atom is -0.507 e. The van der Waals surface area contributed by atoms with Gasteiger partial charge >= 0.3 is 11.9 Å². The van der Waals surface area contributed by atoms with Gasteiger partial charge in [-0.1, -0.05) is 36.4 Å². The van der Waals surface area contributed by atoms with Crippen molar-refractivity contribution in [3.63, 3.8) is 0 Å². The number of amides is 2. The second kappa shape index (κ2) is 11.7. The Bertz CT molecular complexity index is 1250. The number of hydrogen-bond donors (Lipinski definition) is 5. The van der Waals surface area contributed by atoms with Gasteiger partial charge in [-0.2, -0.15) is 0 Å². The fourth-order valence-electron chi connectivity index (χ4n) is 3.12. The monoisotopic (exact) mass is 494 g/mol. The van der Waals surface area contributed by atoms with Crippen molar-refractivity contribution in [1.82, 2.24) is 0 Å². The molecule has 35 heavy (non-hydrogen) atoms. The molecule has 0 aliphatic carbocycles. The lowest BCUT2D eigenvalue weighted by atomic mass is 10.1. The van der Waals surface area contributed by atoms with Crippen LogP contribution in [0.2, 0.25) is 0 Å². The molecule has 2 amide bonds. The number of aromatic hydroxyl groups is 1. The Hall–Kier alpha value is -4.31. The van der Waals surface area contributed by atoms with Crippen LogP contribution in [-0.4, -0.2) is 39.1 Å². The summed E-state index contributed by atoms with van der Waals surface area (Å²) in [6.45, 7) is 0. The number of benzene rings is 3. The third-order valence-electron chi connectivity index (χ3n) is 4.77. The number of carbonyl (C=O) groups is 4. The number of phenols is 1. The molecule has 0 fully saturated rings. The zero-order chi connectivity index (χ0) is 25.4. The number of anilines is 2. The van der Waals surface area contributed by atoms with Gasteiger partial charge < -0.3 is 26.0 Å². The van der Waals surface area contributed by atoms with E-state index in [2.05, 4.69) is 10.6 Å². The minimum atomic E-state index is -1.32. The minimum absolute atomic E-state index is 0.160. The van der Waals surface area contributed by atoms with Crippen LogP contribution in [0.25, 0.3) is 0 Å². The fourth-order valence-corrected chi connectivity index (χ4v) is 4.20. The van der Waals surface area contributed by atoms with E-state index in [1.54, 1.807) is 48.5 Å². The van der Waals surface area contributed by atoms with Gasteiger partial charge in [-0.05, 0) is 42.0 Å². The highest BCUT2D eigenvalue weighted by molar-refractivity contribution is 8.00. The molecule has 3 aromatic carbocycles. The molecule has 9 nitrogen and oxygen atoms in total. The van der Waals surface area contributed by atoms with E-state index >= 15 is 0 Å². The van der Waals surface area contributed by atoms with Gasteiger partial charge in [0.1, 0.15) is 16.6 Å². The highest BCUT2D eigenvalue weighted by Gasteiger charge is 2.23. The van der Waals surface area contributed by atoms with Crippen molar-refractivity contribution < 1.29 is 34.5 Å². The van der Waals surface area contributed by atoms with Crippen molar-refractivity contribution >= 4 is 46.9 Å². The first kappa shape index (κ1) is 25.3. The van der Waals surface area contributed by atoms with Gasteiger partial charge in [0.05, 0.1) is 6.42 Å². The van der Waals surface area contributed by atoms with E-state index in [4.69, 9.17) is 5.11 Å². The van der Waals surface area contributed by atoms with E-state index in [0.29, 0.717) is 16.1 Å². The Balaban J connectivity index is 1.81. The van der Waals surface area contributed by atoms with Gasteiger partial charge in [-0.25, -0.2) is 4.79 Å². The number of carboxylic acids is 2. The molecule has 0 radical (unpaired) electrons. The Kier molecular flexibility index (Phi) is 8.47. The Morgan fingerprint density at radius 1 is 0.800 bits per heavy atom. The molecule has 0 aromatic heterocycles. The number of hydrogen-bond acceptors (Lipinski definition) is 6. The van der Waals surface area contributed by atoms with Crippen molar-refractivity contribution in [2.45, 2.75) is 23.0 Å². The first-order valence-corrected chi connectivity index (χ1v) is 11.3.